The fourth-order valence-corrected chi connectivity index (χ4v) is 1.70. The first-order valence-corrected chi connectivity index (χ1v) is 5.05. The van der Waals surface area contributed by atoms with Gasteiger partial charge in [-0.2, -0.15) is 5.69 Å². The van der Waals surface area contributed by atoms with E-state index >= 15 is 0 Å². The van der Waals surface area contributed by atoms with E-state index in [2.05, 4.69) is 9.97 Å². The number of aryl methyl sites for hydroxylation is 2. The maximum atomic E-state index is 12.1. The Bertz CT molecular complexity index is 698. The van der Waals surface area contributed by atoms with Crippen molar-refractivity contribution in [3.63, 3.8) is 0 Å². The van der Waals surface area contributed by atoms with Gasteiger partial charge in [0.25, 0.3) is 0 Å². The van der Waals surface area contributed by atoms with Crippen LogP contribution in [0.15, 0.2) is 9.59 Å². The maximum absolute atomic E-state index is 12.1. The van der Waals surface area contributed by atoms with Crippen LogP contribution in [0.25, 0.3) is 11.0 Å². The largest absolute Gasteiger partial charge is 1.00 e. The minimum absolute atomic E-state index is 0. The van der Waals surface area contributed by atoms with Gasteiger partial charge in [0.2, 0.25) is 0 Å². The van der Waals surface area contributed by atoms with Gasteiger partial charge in [-0.15, -0.1) is 0 Å². The van der Waals surface area contributed by atoms with Crippen LogP contribution in [0.1, 0.15) is 22.4 Å². The van der Waals surface area contributed by atoms with Crippen molar-refractivity contribution in [2.45, 2.75) is 27.7 Å². The zero-order chi connectivity index (χ0) is 12.0. The molecular formula is C12H12KN2O2-. The number of aromatic nitrogens is 2. The Morgan fingerprint density at radius 2 is 1.41 bits per heavy atom. The third kappa shape index (κ3) is 2.35. The minimum atomic E-state index is -0.305. The number of pyridine rings is 2. The fourth-order valence-electron chi connectivity index (χ4n) is 1.70. The quantitative estimate of drug-likeness (QED) is 0.497. The molecule has 0 aliphatic carbocycles. The molecule has 0 saturated heterocycles. The Hall–Kier alpha value is -0.204. The van der Waals surface area contributed by atoms with Crippen LogP contribution in [0.5, 0.6) is 0 Å². The van der Waals surface area contributed by atoms with Crippen molar-refractivity contribution in [3.05, 3.63) is 43.0 Å². The molecule has 2 aromatic heterocycles. The van der Waals surface area contributed by atoms with Gasteiger partial charge in [-0.1, -0.05) is 6.92 Å². The summed E-state index contributed by atoms with van der Waals surface area (Å²) in [7, 11) is 0. The van der Waals surface area contributed by atoms with Crippen LogP contribution < -0.4 is 72.3 Å². The number of hydrogen-bond acceptors (Lipinski definition) is 2. The van der Waals surface area contributed by atoms with Gasteiger partial charge in [0, 0.05) is 0 Å². The van der Waals surface area contributed by atoms with E-state index in [4.69, 9.17) is 0 Å². The van der Waals surface area contributed by atoms with Crippen molar-refractivity contribution in [2.75, 3.05) is 0 Å². The standard InChI is InChI=1S/C12H14N2O2.K/c1-5-6(2)12(16)14-11-9(5)10(15)7(3)8(4)13-11;/h1-4H3,(H2,13,14,15,16);/q;+1/p-2. The summed E-state index contributed by atoms with van der Waals surface area (Å²) < 4.78 is 0. The molecule has 0 spiro atoms. The van der Waals surface area contributed by atoms with E-state index in [-0.39, 0.29) is 68.0 Å². The van der Waals surface area contributed by atoms with Gasteiger partial charge in [0.05, 0.1) is 5.56 Å². The van der Waals surface area contributed by atoms with Gasteiger partial charge < -0.3 is 14.8 Å². The first-order valence-electron chi connectivity index (χ1n) is 5.05. The average Bonchev–Trinajstić information content (AvgIpc) is 2.23. The molecule has 0 aromatic carbocycles. The molecule has 0 amide bonds. The molecule has 0 N–H and O–H groups in total. The Morgan fingerprint density at radius 3 is 2.00 bits per heavy atom. The van der Waals surface area contributed by atoms with E-state index in [0.717, 1.165) is 0 Å². The number of nitrogens with zero attached hydrogens (tertiary/aromatic N) is 2. The Kier molecular flexibility index (Phi) is 4.54. The second-order valence-corrected chi connectivity index (χ2v) is 4.02. The average molecular weight is 255 g/mol. The van der Waals surface area contributed by atoms with Gasteiger partial charge in [0.1, 0.15) is 0 Å². The van der Waals surface area contributed by atoms with Gasteiger partial charge in [-0.05, 0) is 42.8 Å². The van der Waals surface area contributed by atoms with Gasteiger partial charge in [-0.25, -0.2) is 5.65 Å². The second-order valence-electron chi connectivity index (χ2n) is 4.02. The molecule has 0 radical (unpaired) electrons. The molecule has 5 heteroatoms. The van der Waals surface area contributed by atoms with Crippen molar-refractivity contribution >= 4 is 11.0 Å². The molecule has 17 heavy (non-hydrogen) atoms. The molecule has 84 valence electrons. The van der Waals surface area contributed by atoms with Crippen molar-refractivity contribution in [1.82, 2.24) is 9.97 Å². The molecule has 2 aromatic rings. The number of hydrogen-bond donors (Lipinski definition) is 0. The number of fused-ring (bicyclic) bond motifs is 1. The van der Waals surface area contributed by atoms with E-state index < -0.39 is 0 Å². The molecule has 0 aliphatic rings. The minimum Gasteiger partial charge on any atom is -0.680 e. The summed E-state index contributed by atoms with van der Waals surface area (Å²) in [4.78, 5) is 31.6. The van der Waals surface area contributed by atoms with E-state index in [1.807, 2.05) is 0 Å². The Morgan fingerprint density at radius 1 is 0.824 bits per heavy atom. The summed E-state index contributed by atoms with van der Waals surface area (Å²) in [6.07, 6.45) is 0. The molecule has 0 unspecified atom stereocenters. The summed E-state index contributed by atoms with van der Waals surface area (Å²) in [5, 5.41) is 0.472. The van der Waals surface area contributed by atoms with Crippen molar-refractivity contribution in [3.8, 4) is 0 Å². The smallest absolute Gasteiger partial charge is 0.680 e. The zero-order valence-electron chi connectivity index (χ0n) is 10.7. The van der Waals surface area contributed by atoms with Crippen LogP contribution in [0.2, 0.25) is 0 Å². The molecule has 2 heterocycles. The summed E-state index contributed by atoms with van der Waals surface area (Å²) >= 11 is 0. The van der Waals surface area contributed by atoms with Crippen molar-refractivity contribution in [2.24, 2.45) is 0 Å². The van der Waals surface area contributed by atoms with Gasteiger partial charge in [0.15, 0.2) is 5.43 Å². The monoisotopic (exact) mass is 255 g/mol. The van der Waals surface area contributed by atoms with E-state index in [1.54, 1.807) is 27.7 Å². The van der Waals surface area contributed by atoms with Crippen LogP contribution in [-0.2, 0) is 0 Å². The van der Waals surface area contributed by atoms with E-state index in [1.165, 1.54) is 0 Å². The van der Waals surface area contributed by atoms with Crippen LogP contribution >= 0.6 is 0 Å². The van der Waals surface area contributed by atoms with E-state index in [9.17, 15) is 9.59 Å². The maximum Gasteiger partial charge on any atom is 1.00 e. The molecular weight excluding hydrogens is 243 g/mol. The topological polar surface area (TPSA) is 62.3 Å². The molecule has 0 fully saturated rings. The molecule has 0 bridgehead atoms. The summed E-state index contributed by atoms with van der Waals surface area (Å²) in [6, 6.07) is 0. The van der Waals surface area contributed by atoms with Crippen LogP contribution in [0, 0.1) is 27.7 Å². The molecule has 4 nitrogen and oxygen atoms in total. The zero-order valence-corrected chi connectivity index (χ0v) is 13.8. The molecule has 0 saturated carbocycles. The normalized spacial score (nSPS) is 10.4. The van der Waals surface area contributed by atoms with Crippen molar-refractivity contribution < 1.29 is 51.4 Å². The predicted octanol–water partition coefficient (Wildman–Crippen LogP) is -2.29. The number of rotatable bonds is 0. The second kappa shape index (κ2) is 5.20. The SMILES string of the molecule is Cc1[n-]c2[n-]c(=O)c(C)c(C)c2c(=O)c1C.[K+]. The predicted molar refractivity (Wildman–Crippen MR) is 62.1 cm³/mol. The van der Waals surface area contributed by atoms with Crippen molar-refractivity contribution in [1.29, 1.82) is 0 Å². The van der Waals surface area contributed by atoms with E-state index in [0.29, 0.717) is 27.8 Å². The summed E-state index contributed by atoms with van der Waals surface area (Å²) in [5.74, 6) is 0. The Labute approximate surface area is 141 Å². The third-order valence-corrected chi connectivity index (χ3v) is 3.07. The van der Waals surface area contributed by atoms with Gasteiger partial charge >= 0.3 is 51.4 Å². The van der Waals surface area contributed by atoms with Crippen LogP contribution in [0.3, 0.4) is 0 Å². The Balaban J connectivity index is 0.00000144. The van der Waals surface area contributed by atoms with Crippen LogP contribution in [0.4, 0.5) is 0 Å². The third-order valence-electron chi connectivity index (χ3n) is 3.07. The summed E-state index contributed by atoms with van der Waals surface area (Å²) in [5.41, 5.74) is 2.35. The molecule has 0 aliphatic heterocycles. The first kappa shape index (κ1) is 14.9. The first-order chi connectivity index (χ1) is 7.43. The van der Waals surface area contributed by atoms with Crippen LogP contribution in [-0.4, -0.2) is 0 Å². The molecule has 2 rings (SSSR count). The fraction of sp³-hybridized carbons (Fsp3) is 0.333. The summed E-state index contributed by atoms with van der Waals surface area (Å²) in [6.45, 7) is 6.93. The molecule has 0 atom stereocenters. The van der Waals surface area contributed by atoms with Gasteiger partial charge in [-0.3, -0.25) is 4.79 Å².